The topological polar surface area (TPSA) is 70.5 Å². The van der Waals surface area contributed by atoms with Crippen LogP contribution in [-0.4, -0.2) is 79.3 Å². The number of hydrogen-bond acceptors (Lipinski definition) is 5. The van der Waals surface area contributed by atoms with Crippen LogP contribution in [0.1, 0.15) is 76.1 Å². The van der Waals surface area contributed by atoms with Crippen molar-refractivity contribution in [1.82, 2.24) is 24.1 Å². The van der Waals surface area contributed by atoms with E-state index in [1.807, 2.05) is 0 Å². The Balaban J connectivity index is 1.10. The summed E-state index contributed by atoms with van der Waals surface area (Å²) < 4.78 is 28.1. The van der Waals surface area contributed by atoms with E-state index in [1.165, 1.54) is 88.5 Å². The smallest absolute Gasteiger partial charge is 0.208 e. The fourth-order valence-electron chi connectivity index (χ4n) is 8.25. The lowest BCUT2D eigenvalue weighted by Crippen LogP contribution is -2.45. The number of hydrogen-bond donors (Lipinski definition) is 1. The quantitative estimate of drug-likeness (QED) is 0.535. The van der Waals surface area contributed by atoms with Crippen molar-refractivity contribution in [1.29, 1.82) is 0 Å². The maximum Gasteiger partial charge on any atom is 0.208 e. The molecule has 3 heterocycles. The summed E-state index contributed by atoms with van der Waals surface area (Å²) >= 11 is 0. The number of benzene rings is 1. The van der Waals surface area contributed by atoms with Gasteiger partial charge in [-0.1, -0.05) is 37.8 Å². The van der Waals surface area contributed by atoms with Gasteiger partial charge >= 0.3 is 0 Å². The van der Waals surface area contributed by atoms with Crippen LogP contribution in [0.15, 0.2) is 24.3 Å². The van der Waals surface area contributed by atoms with Gasteiger partial charge in [0, 0.05) is 51.2 Å². The molecule has 7 nitrogen and oxygen atoms in total. The first-order chi connectivity index (χ1) is 18.4. The maximum atomic E-state index is 11.4. The van der Waals surface area contributed by atoms with Crippen LogP contribution < -0.4 is 4.72 Å². The molecule has 4 fully saturated rings. The molecule has 4 atom stereocenters. The summed E-state index contributed by atoms with van der Waals surface area (Å²) in [6, 6.07) is 10.1. The van der Waals surface area contributed by atoms with Crippen molar-refractivity contribution in [2.75, 3.05) is 45.5 Å². The second kappa shape index (κ2) is 11.6. The molecular weight excluding hydrogens is 494 g/mol. The van der Waals surface area contributed by atoms with Crippen LogP contribution in [-0.2, 0) is 16.4 Å². The highest BCUT2D eigenvalue weighted by Crippen LogP contribution is 2.41. The third kappa shape index (κ3) is 6.29. The third-order valence-corrected chi connectivity index (χ3v) is 10.8. The van der Waals surface area contributed by atoms with Gasteiger partial charge in [0.15, 0.2) is 0 Å². The van der Waals surface area contributed by atoms with E-state index in [-0.39, 0.29) is 0 Å². The van der Waals surface area contributed by atoms with Crippen LogP contribution in [0.5, 0.6) is 0 Å². The molecule has 6 rings (SSSR count). The van der Waals surface area contributed by atoms with Crippen molar-refractivity contribution in [3.05, 3.63) is 30.1 Å². The van der Waals surface area contributed by atoms with Crippen molar-refractivity contribution in [3.8, 4) is 0 Å². The van der Waals surface area contributed by atoms with Crippen LogP contribution in [0, 0.1) is 17.8 Å². The first-order valence-electron chi connectivity index (χ1n) is 15.3. The molecular formula is C30H47N5O2S. The van der Waals surface area contributed by atoms with Gasteiger partial charge in [-0.2, -0.15) is 0 Å². The first-order valence-corrected chi connectivity index (χ1v) is 17.2. The average molecular weight is 542 g/mol. The molecule has 2 bridgehead atoms. The van der Waals surface area contributed by atoms with Gasteiger partial charge in [-0.25, -0.2) is 18.1 Å². The Morgan fingerprint density at radius 2 is 1.66 bits per heavy atom. The molecule has 8 heteroatoms. The number of rotatable bonds is 8. The predicted molar refractivity (Wildman–Crippen MR) is 154 cm³/mol. The maximum absolute atomic E-state index is 11.4. The summed E-state index contributed by atoms with van der Waals surface area (Å²) in [4.78, 5) is 10.4. The van der Waals surface area contributed by atoms with Crippen LogP contribution in [0.25, 0.3) is 11.0 Å². The lowest BCUT2D eigenvalue weighted by molar-refractivity contribution is 0.0712. The summed E-state index contributed by atoms with van der Waals surface area (Å²) in [7, 11) is -3.12. The van der Waals surface area contributed by atoms with E-state index in [0.717, 1.165) is 55.9 Å². The SMILES string of the molecule is CS(=O)(=O)NCCN1CC[C@@H](Cc2nc3ccccc3n2C2CCN([C@@H]3C[C@@H]4CCCC[C@@H](C4)C3)CC2)C1. The average Bonchev–Trinajstić information content (AvgIpc) is 3.45. The zero-order chi connectivity index (χ0) is 26.1. The number of nitrogens with one attached hydrogen (secondary N) is 1. The minimum atomic E-state index is -3.12. The highest BCUT2D eigenvalue weighted by atomic mass is 32.2. The second-order valence-corrected chi connectivity index (χ2v) is 14.7. The first kappa shape index (κ1) is 26.7. The molecule has 1 aromatic heterocycles. The molecule has 1 aromatic carbocycles. The van der Waals surface area contributed by atoms with Gasteiger partial charge in [0.05, 0.1) is 17.3 Å². The zero-order valence-electron chi connectivity index (χ0n) is 23.2. The van der Waals surface area contributed by atoms with Gasteiger partial charge in [0.2, 0.25) is 10.0 Å². The summed E-state index contributed by atoms with van der Waals surface area (Å²) in [5, 5.41) is 0. The highest BCUT2D eigenvalue weighted by Gasteiger charge is 2.36. The molecule has 2 aliphatic heterocycles. The lowest BCUT2D eigenvalue weighted by atomic mass is 9.77. The Kier molecular flexibility index (Phi) is 8.13. The predicted octanol–water partition coefficient (Wildman–Crippen LogP) is 4.45. The largest absolute Gasteiger partial charge is 0.325 e. The van der Waals surface area contributed by atoms with E-state index in [1.54, 1.807) is 0 Å². The van der Waals surface area contributed by atoms with Crippen molar-refractivity contribution < 1.29 is 8.42 Å². The molecule has 210 valence electrons. The van der Waals surface area contributed by atoms with Crippen molar-refractivity contribution in [2.24, 2.45) is 17.8 Å². The van der Waals surface area contributed by atoms with Gasteiger partial charge < -0.3 is 14.4 Å². The van der Waals surface area contributed by atoms with Crippen LogP contribution in [0.3, 0.4) is 0 Å². The van der Waals surface area contributed by atoms with E-state index in [2.05, 4.69) is 43.4 Å². The molecule has 2 aliphatic carbocycles. The minimum Gasteiger partial charge on any atom is -0.325 e. The normalized spacial score (nSPS) is 30.1. The zero-order valence-corrected chi connectivity index (χ0v) is 24.0. The monoisotopic (exact) mass is 541 g/mol. The van der Waals surface area contributed by atoms with E-state index < -0.39 is 10.0 Å². The fourth-order valence-corrected chi connectivity index (χ4v) is 8.71. The number of imidazole rings is 1. The number of piperidine rings is 1. The molecule has 2 aromatic rings. The molecule has 4 aliphatic rings. The molecule has 2 saturated carbocycles. The number of fused-ring (bicyclic) bond motifs is 3. The number of aromatic nitrogens is 2. The molecule has 0 radical (unpaired) electrons. The van der Waals surface area contributed by atoms with Gasteiger partial charge in [0.1, 0.15) is 5.82 Å². The Hall–Kier alpha value is -1.48. The molecule has 2 saturated heterocycles. The van der Waals surface area contributed by atoms with Crippen LogP contribution in [0.4, 0.5) is 0 Å². The molecule has 38 heavy (non-hydrogen) atoms. The van der Waals surface area contributed by atoms with Crippen molar-refractivity contribution >= 4 is 21.1 Å². The Labute approximate surface area is 229 Å². The van der Waals surface area contributed by atoms with Gasteiger partial charge in [-0.15, -0.1) is 0 Å². The molecule has 0 spiro atoms. The summed E-state index contributed by atoms with van der Waals surface area (Å²) in [5.41, 5.74) is 2.44. The van der Waals surface area contributed by atoms with Crippen molar-refractivity contribution in [3.63, 3.8) is 0 Å². The van der Waals surface area contributed by atoms with E-state index in [4.69, 9.17) is 4.98 Å². The second-order valence-electron chi connectivity index (χ2n) is 12.9. The van der Waals surface area contributed by atoms with Gasteiger partial charge in [-0.3, -0.25) is 0 Å². The van der Waals surface area contributed by atoms with Gasteiger partial charge in [-0.05, 0) is 75.0 Å². The number of sulfonamides is 1. The standard InChI is InChI=1S/C30H47N5O2S/c1-38(36,37)31-13-17-33-14-10-25(22-33)21-30-32-28-8-4-5-9-29(28)35(30)26-11-15-34(16-12-26)27-19-23-6-2-3-7-24(18-23)20-27/h4-5,8-9,23-27,31H,2-3,6-7,10-22H2,1H3/t23-,24+,25-,27-/m0/s1. The van der Waals surface area contributed by atoms with E-state index in [0.29, 0.717) is 18.5 Å². The molecule has 0 amide bonds. The molecule has 0 unspecified atom stereocenters. The van der Waals surface area contributed by atoms with Crippen molar-refractivity contribution in [2.45, 2.75) is 82.7 Å². The van der Waals surface area contributed by atoms with E-state index >= 15 is 0 Å². The summed E-state index contributed by atoms with van der Waals surface area (Å²) in [6.45, 7) is 5.79. The lowest BCUT2D eigenvalue weighted by Gasteiger charge is -2.43. The molecule has 1 N–H and O–H groups in total. The van der Waals surface area contributed by atoms with Gasteiger partial charge in [0.25, 0.3) is 0 Å². The number of likely N-dealkylation sites (tertiary alicyclic amines) is 2. The minimum absolute atomic E-state index is 0.491. The highest BCUT2D eigenvalue weighted by molar-refractivity contribution is 7.88. The summed E-state index contributed by atoms with van der Waals surface area (Å²) in [6.07, 6.45) is 16.1. The Bertz CT molecular complexity index is 1170. The number of para-hydroxylation sites is 2. The van der Waals surface area contributed by atoms with E-state index in [9.17, 15) is 8.42 Å². The Morgan fingerprint density at radius 3 is 2.39 bits per heavy atom. The third-order valence-electron chi connectivity index (χ3n) is 10.0. The fraction of sp³-hybridized carbons (Fsp3) is 0.767. The Morgan fingerprint density at radius 1 is 0.921 bits per heavy atom. The summed E-state index contributed by atoms with van der Waals surface area (Å²) in [5.74, 6) is 3.80. The van der Waals surface area contributed by atoms with Crippen LogP contribution >= 0.6 is 0 Å². The van der Waals surface area contributed by atoms with Crippen LogP contribution in [0.2, 0.25) is 0 Å². The number of nitrogens with zero attached hydrogens (tertiary/aromatic N) is 4.